The number of carbonyl (C=O) groups is 1. The lowest BCUT2D eigenvalue weighted by Crippen LogP contribution is -1.97. The number of benzene rings is 2. The summed E-state index contributed by atoms with van der Waals surface area (Å²) >= 11 is 17.9. The molecule has 0 radical (unpaired) electrons. The Labute approximate surface area is 137 Å². The molecule has 2 nitrogen and oxygen atoms in total. The number of ether oxygens (including phenoxy) is 1. The number of hydrogen-bond acceptors (Lipinski definition) is 2. The van der Waals surface area contributed by atoms with Crippen LogP contribution >= 0.6 is 34.8 Å². The molecule has 0 N–H and O–H groups in total. The summed E-state index contributed by atoms with van der Waals surface area (Å²) in [6.07, 6.45) is 0.711. The van der Waals surface area contributed by atoms with E-state index in [1.807, 2.05) is 0 Å². The minimum Gasteiger partial charge on any atom is -0.495 e. The van der Waals surface area contributed by atoms with Gasteiger partial charge in [0.15, 0.2) is 6.29 Å². The molecule has 5 heteroatoms. The van der Waals surface area contributed by atoms with Gasteiger partial charge in [0.2, 0.25) is 0 Å². The molecule has 0 aliphatic heterocycles. The summed E-state index contributed by atoms with van der Waals surface area (Å²) in [5.74, 6) is 0.422. The second kappa shape index (κ2) is 6.99. The molecule has 0 aromatic heterocycles. The largest absolute Gasteiger partial charge is 0.495 e. The molecule has 0 unspecified atom stereocenters. The fourth-order valence-electron chi connectivity index (χ4n) is 1.93. The van der Waals surface area contributed by atoms with E-state index in [1.54, 1.807) is 42.5 Å². The van der Waals surface area contributed by atoms with E-state index < -0.39 is 0 Å². The molecule has 0 amide bonds. The number of aldehydes is 1. The lowest BCUT2D eigenvalue weighted by atomic mass is 10.0. The first-order valence-electron chi connectivity index (χ1n) is 6.01. The van der Waals surface area contributed by atoms with Crippen molar-refractivity contribution >= 4 is 52.4 Å². The van der Waals surface area contributed by atoms with Gasteiger partial charge in [-0.1, -0.05) is 40.9 Å². The molecule has 2 rings (SSSR count). The molecule has 0 heterocycles. The average Bonchev–Trinajstić information content (AvgIpc) is 2.47. The summed E-state index contributed by atoms with van der Waals surface area (Å²) in [5.41, 5.74) is 1.64. The van der Waals surface area contributed by atoms with Crippen molar-refractivity contribution in [1.29, 1.82) is 0 Å². The van der Waals surface area contributed by atoms with Crippen molar-refractivity contribution < 1.29 is 9.53 Å². The van der Waals surface area contributed by atoms with Gasteiger partial charge in [0.1, 0.15) is 5.76 Å². The topological polar surface area (TPSA) is 26.3 Å². The van der Waals surface area contributed by atoms with Gasteiger partial charge in [0, 0.05) is 21.2 Å². The fourth-order valence-corrected chi connectivity index (χ4v) is 2.57. The molecule has 0 bridgehead atoms. The second-order valence-corrected chi connectivity index (χ2v) is 5.48. The summed E-state index contributed by atoms with van der Waals surface area (Å²) in [4.78, 5) is 11.5. The Bertz CT molecular complexity index is 691. The first kappa shape index (κ1) is 15.9. The Balaban J connectivity index is 2.63. The van der Waals surface area contributed by atoms with Gasteiger partial charge in [-0.3, -0.25) is 4.79 Å². The van der Waals surface area contributed by atoms with Crippen molar-refractivity contribution in [2.45, 2.75) is 0 Å². The zero-order valence-electron chi connectivity index (χ0n) is 11.1. The van der Waals surface area contributed by atoms with Crippen LogP contribution in [0.1, 0.15) is 11.1 Å². The number of halogens is 3. The van der Waals surface area contributed by atoms with E-state index in [4.69, 9.17) is 39.5 Å². The van der Waals surface area contributed by atoms with Crippen molar-refractivity contribution in [3.63, 3.8) is 0 Å². The van der Waals surface area contributed by atoms with E-state index in [2.05, 4.69) is 0 Å². The van der Waals surface area contributed by atoms with Gasteiger partial charge in [-0.2, -0.15) is 0 Å². The smallest absolute Gasteiger partial charge is 0.154 e. The number of hydrogen-bond donors (Lipinski definition) is 0. The van der Waals surface area contributed by atoms with Crippen LogP contribution in [0.4, 0.5) is 0 Å². The summed E-state index contributed by atoms with van der Waals surface area (Å²) in [6.45, 7) is 0. The second-order valence-electron chi connectivity index (χ2n) is 4.20. The molecule has 0 aliphatic rings. The van der Waals surface area contributed by atoms with Gasteiger partial charge in [-0.05, 0) is 36.4 Å². The number of methoxy groups -OCH3 is 1. The first-order chi connectivity index (χ1) is 10.1. The Morgan fingerprint density at radius 3 is 2.14 bits per heavy atom. The number of rotatable bonds is 4. The molecule has 0 spiro atoms. The minimum atomic E-state index is 0.349. The molecular formula is C16H11Cl3O2. The highest BCUT2D eigenvalue weighted by Gasteiger charge is 2.15. The fraction of sp³-hybridized carbons (Fsp3) is 0.0625. The van der Waals surface area contributed by atoms with Gasteiger partial charge in [-0.15, -0.1) is 0 Å². The maximum Gasteiger partial charge on any atom is 0.154 e. The van der Waals surface area contributed by atoms with Crippen LogP contribution in [-0.4, -0.2) is 13.4 Å². The quantitative estimate of drug-likeness (QED) is 0.324. The van der Waals surface area contributed by atoms with Crippen LogP contribution in [-0.2, 0) is 9.53 Å². The highest BCUT2D eigenvalue weighted by atomic mass is 35.5. The Kier molecular flexibility index (Phi) is 5.29. The molecule has 108 valence electrons. The summed E-state index contributed by atoms with van der Waals surface area (Å²) < 4.78 is 5.38. The minimum absolute atomic E-state index is 0.349. The number of allylic oxidation sites excluding steroid dienone is 1. The van der Waals surface area contributed by atoms with Crippen LogP contribution < -0.4 is 0 Å². The van der Waals surface area contributed by atoms with Crippen molar-refractivity contribution in [2.75, 3.05) is 7.11 Å². The maximum absolute atomic E-state index is 11.5. The van der Waals surface area contributed by atoms with Crippen molar-refractivity contribution in [3.05, 3.63) is 68.7 Å². The van der Waals surface area contributed by atoms with Crippen molar-refractivity contribution in [1.82, 2.24) is 0 Å². The van der Waals surface area contributed by atoms with Gasteiger partial charge < -0.3 is 4.74 Å². The number of carbonyl (C=O) groups excluding carboxylic acids is 1. The first-order valence-corrected chi connectivity index (χ1v) is 7.15. The van der Waals surface area contributed by atoms with E-state index in [0.29, 0.717) is 38.2 Å². The lowest BCUT2D eigenvalue weighted by molar-refractivity contribution is -0.103. The van der Waals surface area contributed by atoms with E-state index in [9.17, 15) is 4.79 Å². The normalized spacial score (nSPS) is 11.8. The third-order valence-electron chi connectivity index (χ3n) is 2.89. The Hall–Kier alpha value is -1.48. The van der Waals surface area contributed by atoms with Gasteiger partial charge in [-0.25, -0.2) is 0 Å². The van der Waals surface area contributed by atoms with E-state index in [1.165, 1.54) is 7.11 Å². The van der Waals surface area contributed by atoms with E-state index in [0.717, 1.165) is 5.56 Å². The predicted octanol–water partition coefficient (Wildman–Crippen LogP) is 5.36. The summed E-state index contributed by atoms with van der Waals surface area (Å²) in [7, 11) is 1.50. The van der Waals surface area contributed by atoms with Crippen LogP contribution in [0.2, 0.25) is 15.1 Å². The van der Waals surface area contributed by atoms with Gasteiger partial charge in [0.25, 0.3) is 0 Å². The molecule has 21 heavy (non-hydrogen) atoms. The van der Waals surface area contributed by atoms with Crippen molar-refractivity contribution in [2.24, 2.45) is 0 Å². The van der Waals surface area contributed by atoms with Crippen LogP contribution in [0.3, 0.4) is 0 Å². The Morgan fingerprint density at radius 1 is 1.00 bits per heavy atom. The molecule has 0 aliphatic carbocycles. The summed E-state index contributed by atoms with van der Waals surface area (Å²) in [5, 5.41) is 1.49. The third kappa shape index (κ3) is 3.59. The van der Waals surface area contributed by atoms with Crippen LogP contribution in [0.25, 0.3) is 11.3 Å². The SMILES string of the molecule is CO/C(=C(\C=O)c1ccc(Cl)cc1Cl)c1ccc(Cl)cc1. The predicted molar refractivity (Wildman–Crippen MR) is 87.8 cm³/mol. The molecule has 0 saturated heterocycles. The highest BCUT2D eigenvalue weighted by Crippen LogP contribution is 2.32. The molecule has 0 atom stereocenters. The average molecular weight is 342 g/mol. The van der Waals surface area contributed by atoms with Gasteiger partial charge in [0.05, 0.1) is 17.7 Å². The maximum atomic E-state index is 11.5. The standard InChI is InChI=1S/C16H11Cl3O2/c1-21-16(10-2-4-11(17)5-3-10)14(9-20)13-7-6-12(18)8-15(13)19/h2-9H,1H3/b16-14+. The van der Waals surface area contributed by atoms with E-state index >= 15 is 0 Å². The van der Waals surface area contributed by atoms with Crippen LogP contribution in [0.15, 0.2) is 42.5 Å². The monoisotopic (exact) mass is 340 g/mol. The van der Waals surface area contributed by atoms with Gasteiger partial charge >= 0.3 is 0 Å². The van der Waals surface area contributed by atoms with Crippen LogP contribution in [0.5, 0.6) is 0 Å². The zero-order chi connectivity index (χ0) is 15.4. The Morgan fingerprint density at radius 2 is 1.62 bits per heavy atom. The molecule has 2 aromatic rings. The van der Waals surface area contributed by atoms with E-state index in [-0.39, 0.29) is 0 Å². The molecule has 0 saturated carbocycles. The molecule has 2 aromatic carbocycles. The molecule has 0 fully saturated rings. The van der Waals surface area contributed by atoms with Crippen molar-refractivity contribution in [3.8, 4) is 0 Å². The highest BCUT2D eigenvalue weighted by molar-refractivity contribution is 6.37. The van der Waals surface area contributed by atoms with Crippen LogP contribution in [0, 0.1) is 0 Å². The third-order valence-corrected chi connectivity index (χ3v) is 3.69. The molecular weight excluding hydrogens is 331 g/mol. The summed E-state index contributed by atoms with van der Waals surface area (Å²) in [6, 6.07) is 11.9. The lowest BCUT2D eigenvalue weighted by Gasteiger charge is -2.12. The zero-order valence-corrected chi connectivity index (χ0v) is 13.3.